The molecule has 0 radical (unpaired) electrons. The zero-order valence-electron chi connectivity index (χ0n) is 15.8. The van der Waals surface area contributed by atoms with Crippen molar-refractivity contribution in [3.63, 3.8) is 0 Å². The van der Waals surface area contributed by atoms with Crippen LogP contribution in [-0.2, 0) is 0 Å². The fraction of sp³-hybridized carbons (Fsp3) is 0.167. The highest BCUT2D eigenvalue weighted by molar-refractivity contribution is 6.03. The van der Waals surface area contributed by atoms with Crippen LogP contribution in [0.1, 0.15) is 24.8 Å². The van der Waals surface area contributed by atoms with Gasteiger partial charge in [-0.3, -0.25) is 0 Å². The van der Waals surface area contributed by atoms with Crippen LogP contribution < -0.4 is 4.90 Å². The molecule has 0 amide bonds. The Labute approximate surface area is 164 Å². The summed E-state index contributed by atoms with van der Waals surface area (Å²) in [6, 6.07) is 22.7. The largest absolute Gasteiger partial charge is 0.437 e. The molecule has 0 saturated carbocycles. The molecule has 0 fully saturated rings. The van der Waals surface area contributed by atoms with Gasteiger partial charge in [-0.15, -0.1) is 0 Å². The molecule has 0 aliphatic carbocycles. The van der Waals surface area contributed by atoms with Crippen molar-refractivity contribution in [2.24, 2.45) is 0 Å². The number of aromatic nitrogens is 1. The molecular formula is C24H21N3O. The van der Waals surface area contributed by atoms with Crippen LogP contribution in [0.25, 0.3) is 34.0 Å². The van der Waals surface area contributed by atoms with Crippen molar-refractivity contribution in [3.05, 3.63) is 72.1 Å². The van der Waals surface area contributed by atoms with Crippen LogP contribution in [0.15, 0.2) is 65.1 Å². The first-order chi connectivity index (χ1) is 13.8. The van der Waals surface area contributed by atoms with Crippen molar-refractivity contribution in [2.45, 2.75) is 13.3 Å². The Morgan fingerprint density at radius 3 is 2.64 bits per heavy atom. The van der Waals surface area contributed by atoms with E-state index in [2.05, 4.69) is 65.3 Å². The molecule has 0 atom stereocenters. The van der Waals surface area contributed by atoms with Crippen LogP contribution in [0.4, 0.5) is 5.69 Å². The van der Waals surface area contributed by atoms with Gasteiger partial charge in [0.15, 0.2) is 5.58 Å². The molecule has 4 heteroatoms. The summed E-state index contributed by atoms with van der Waals surface area (Å²) in [6.07, 6.45) is 4.43. The van der Waals surface area contributed by atoms with E-state index < -0.39 is 0 Å². The van der Waals surface area contributed by atoms with Crippen molar-refractivity contribution in [3.8, 4) is 6.07 Å². The van der Waals surface area contributed by atoms with Gasteiger partial charge in [0.2, 0.25) is 5.89 Å². The molecule has 28 heavy (non-hydrogen) atoms. The fourth-order valence-corrected chi connectivity index (χ4v) is 3.37. The molecule has 0 saturated heterocycles. The number of hydrogen-bond acceptors (Lipinski definition) is 4. The zero-order valence-corrected chi connectivity index (χ0v) is 15.8. The van der Waals surface area contributed by atoms with E-state index in [9.17, 15) is 0 Å². The number of hydrogen-bond donors (Lipinski definition) is 0. The highest BCUT2D eigenvalue weighted by Gasteiger charge is 2.07. The molecule has 0 aliphatic rings. The van der Waals surface area contributed by atoms with Gasteiger partial charge in [0, 0.05) is 30.2 Å². The first kappa shape index (κ1) is 17.8. The lowest BCUT2D eigenvalue weighted by Crippen LogP contribution is -2.23. The Morgan fingerprint density at radius 1 is 1.04 bits per heavy atom. The second kappa shape index (κ2) is 7.98. The number of nitriles is 1. The van der Waals surface area contributed by atoms with E-state index in [-0.39, 0.29) is 0 Å². The average Bonchev–Trinajstić information content (AvgIpc) is 3.17. The molecule has 0 spiro atoms. The van der Waals surface area contributed by atoms with E-state index in [0.717, 1.165) is 46.2 Å². The Balaban J connectivity index is 1.55. The van der Waals surface area contributed by atoms with Crippen LogP contribution in [0.2, 0.25) is 0 Å². The van der Waals surface area contributed by atoms with Gasteiger partial charge in [-0.25, -0.2) is 4.98 Å². The maximum atomic E-state index is 8.79. The molecular weight excluding hydrogens is 346 g/mol. The van der Waals surface area contributed by atoms with E-state index >= 15 is 0 Å². The van der Waals surface area contributed by atoms with Crippen LogP contribution >= 0.6 is 0 Å². The van der Waals surface area contributed by atoms with Gasteiger partial charge in [-0.1, -0.05) is 42.5 Å². The number of fused-ring (bicyclic) bond motifs is 3. The molecule has 0 N–H and O–H groups in total. The van der Waals surface area contributed by atoms with Crippen LogP contribution in [0.5, 0.6) is 0 Å². The Morgan fingerprint density at radius 2 is 1.86 bits per heavy atom. The third-order valence-electron chi connectivity index (χ3n) is 4.85. The smallest absolute Gasteiger partial charge is 0.220 e. The van der Waals surface area contributed by atoms with Crippen molar-refractivity contribution in [2.75, 3.05) is 18.0 Å². The zero-order chi connectivity index (χ0) is 19.3. The molecule has 1 heterocycles. The summed E-state index contributed by atoms with van der Waals surface area (Å²) in [6.45, 7) is 3.73. The third-order valence-corrected chi connectivity index (χ3v) is 4.85. The first-order valence-corrected chi connectivity index (χ1v) is 9.47. The van der Waals surface area contributed by atoms with E-state index in [1.165, 1.54) is 0 Å². The lowest BCUT2D eigenvalue weighted by atomic mass is 10.1. The van der Waals surface area contributed by atoms with Crippen LogP contribution in [0, 0.1) is 11.3 Å². The first-order valence-electron chi connectivity index (χ1n) is 9.47. The number of anilines is 1. The highest BCUT2D eigenvalue weighted by atomic mass is 16.3. The second-order valence-electron chi connectivity index (χ2n) is 6.60. The van der Waals surface area contributed by atoms with Crippen LogP contribution in [-0.4, -0.2) is 18.1 Å². The van der Waals surface area contributed by atoms with Gasteiger partial charge < -0.3 is 9.32 Å². The van der Waals surface area contributed by atoms with Crippen molar-refractivity contribution in [1.82, 2.24) is 4.98 Å². The predicted octanol–water partition coefficient (Wildman–Crippen LogP) is 5.89. The standard InChI is InChI=1S/C24H21N3O/c1-2-27(17-5-16-25)20-12-8-18(9-13-20)10-15-23-26-24-21-7-4-3-6-19(21)11-14-22(24)28-23/h3-4,6-15H,2,5,17H2,1H3. The van der Waals surface area contributed by atoms with E-state index in [4.69, 9.17) is 9.68 Å². The third kappa shape index (κ3) is 3.60. The molecule has 4 aromatic rings. The Kier molecular flexibility index (Phi) is 5.07. The number of oxazole rings is 1. The summed E-state index contributed by atoms with van der Waals surface area (Å²) in [4.78, 5) is 6.85. The molecule has 3 aromatic carbocycles. The van der Waals surface area contributed by atoms with Gasteiger partial charge in [0.1, 0.15) is 5.52 Å². The molecule has 138 valence electrons. The molecule has 0 unspecified atom stereocenters. The fourth-order valence-electron chi connectivity index (χ4n) is 3.37. The quantitative estimate of drug-likeness (QED) is 0.426. The minimum absolute atomic E-state index is 0.530. The lowest BCUT2D eigenvalue weighted by molar-refractivity contribution is 0.590. The van der Waals surface area contributed by atoms with Gasteiger partial charge in [0.05, 0.1) is 12.5 Å². The maximum absolute atomic E-state index is 8.79. The van der Waals surface area contributed by atoms with Gasteiger partial charge >= 0.3 is 0 Å². The summed E-state index contributed by atoms with van der Waals surface area (Å²) in [5.41, 5.74) is 3.89. The summed E-state index contributed by atoms with van der Waals surface area (Å²) in [5.74, 6) is 0.597. The second-order valence-corrected chi connectivity index (χ2v) is 6.60. The van der Waals surface area contributed by atoms with Gasteiger partial charge in [0.25, 0.3) is 0 Å². The lowest BCUT2D eigenvalue weighted by Gasteiger charge is -2.21. The number of rotatable bonds is 6. The normalized spacial score (nSPS) is 11.3. The maximum Gasteiger partial charge on any atom is 0.220 e. The summed E-state index contributed by atoms with van der Waals surface area (Å²) in [7, 11) is 0. The number of benzene rings is 3. The molecule has 4 rings (SSSR count). The van der Waals surface area contributed by atoms with Crippen molar-refractivity contribution in [1.29, 1.82) is 5.26 Å². The topological polar surface area (TPSA) is 53.1 Å². The van der Waals surface area contributed by atoms with Gasteiger partial charge in [-0.05, 0) is 42.1 Å². The average molecular weight is 367 g/mol. The summed E-state index contributed by atoms with van der Waals surface area (Å²) < 4.78 is 5.88. The summed E-state index contributed by atoms with van der Waals surface area (Å²) >= 11 is 0. The minimum Gasteiger partial charge on any atom is -0.437 e. The SMILES string of the molecule is CCN(CCC#N)c1ccc(C=Cc2nc3c(ccc4ccccc43)o2)cc1. The van der Waals surface area contributed by atoms with Crippen molar-refractivity contribution >= 4 is 39.7 Å². The monoisotopic (exact) mass is 367 g/mol. The molecule has 0 aliphatic heterocycles. The Bertz CT molecular complexity index is 1170. The molecule has 0 bridgehead atoms. The van der Waals surface area contributed by atoms with Crippen LogP contribution in [0.3, 0.4) is 0 Å². The minimum atomic E-state index is 0.530. The van der Waals surface area contributed by atoms with Gasteiger partial charge in [-0.2, -0.15) is 5.26 Å². The highest BCUT2D eigenvalue weighted by Crippen LogP contribution is 2.26. The predicted molar refractivity (Wildman–Crippen MR) is 115 cm³/mol. The van der Waals surface area contributed by atoms with E-state index in [1.807, 2.05) is 30.4 Å². The number of nitrogens with zero attached hydrogens (tertiary/aromatic N) is 3. The molecule has 1 aromatic heterocycles. The molecule has 4 nitrogen and oxygen atoms in total. The van der Waals surface area contributed by atoms with Crippen molar-refractivity contribution < 1.29 is 4.42 Å². The summed E-state index contributed by atoms with van der Waals surface area (Å²) in [5, 5.41) is 11.1. The van der Waals surface area contributed by atoms with E-state index in [0.29, 0.717) is 12.3 Å². The van der Waals surface area contributed by atoms with E-state index in [1.54, 1.807) is 0 Å². The Hall–Kier alpha value is -3.58.